The Bertz CT molecular complexity index is 1430. The molecule has 1 aliphatic rings. The van der Waals surface area contributed by atoms with Gasteiger partial charge in [-0.3, -0.25) is 14.5 Å². The highest BCUT2D eigenvalue weighted by Gasteiger charge is 2.32. The van der Waals surface area contributed by atoms with Crippen molar-refractivity contribution in [2.75, 3.05) is 36.9 Å². The molecule has 210 valence electrons. The van der Waals surface area contributed by atoms with Crippen LogP contribution < -0.4 is 15.5 Å². The molecule has 1 unspecified atom stereocenters. The van der Waals surface area contributed by atoms with Gasteiger partial charge in [0.25, 0.3) is 5.91 Å². The standard InChI is InChI=1S/C35H38N4O2/c1-3-36-35(41)33(27-14-8-5-9-15-27)39-24-22-30(23-25-39)38(2)29-20-18-28(19-21-29)37-34(40)32-17-11-10-16-31(32)26-12-6-4-7-13-26/h4-21,30,33H,3,22-25H2,1-2H3,(H,36,41)(H,37,40). The predicted molar refractivity (Wildman–Crippen MR) is 167 cm³/mol. The molecule has 4 aromatic carbocycles. The van der Waals surface area contributed by atoms with Gasteiger partial charge in [-0.05, 0) is 66.8 Å². The lowest BCUT2D eigenvalue weighted by Gasteiger charge is -2.40. The number of amides is 2. The first-order valence-electron chi connectivity index (χ1n) is 14.4. The van der Waals surface area contributed by atoms with Crippen LogP contribution in [0, 0.1) is 0 Å². The summed E-state index contributed by atoms with van der Waals surface area (Å²) < 4.78 is 0. The summed E-state index contributed by atoms with van der Waals surface area (Å²) in [5, 5.41) is 6.09. The molecule has 0 bridgehead atoms. The lowest BCUT2D eigenvalue weighted by molar-refractivity contribution is -0.127. The van der Waals surface area contributed by atoms with E-state index in [1.807, 2.05) is 104 Å². The zero-order chi connectivity index (χ0) is 28.6. The lowest BCUT2D eigenvalue weighted by atomic mass is 9.97. The van der Waals surface area contributed by atoms with Crippen LogP contribution in [0.25, 0.3) is 11.1 Å². The van der Waals surface area contributed by atoms with E-state index in [4.69, 9.17) is 0 Å². The van der Waals surface area contributed by atoms with Crippen LogP contribution >= 0.6 is 0 Å². The van der Waals surface area contributed by atoms with Gasteiger partial charge in [-0.1, -0.05) is 78.9 Å². The van der Waals surface area contributed by atoms with Crippen molar-refractivity contribution in [1.29, 1.82) is 0 Å². The topological polar surface area (TPSA) is 64.7 Å². The summed E-state index contributed by atoms with van der Waals surface area (Å²) in [5.41, 5.74) is 5.48. The van der Waals surface area contributed by atoms with Gasteiger partial charge in [0.2, 0.25) is 5.91 Å². The Hall–Kier alpha value is -4.42. The maximum atomic E-state index is 13.2. The molecule has 1 aliphatic heterocycles. The van der Waals surface area contributed by atoms with Gasteiger partial charge in [-0.25, -0.2) is 0 Å². The molecule has 1 atom stereocenters. The van der Waals surface area contributed by atoms with Crippen molar-refractivity contribution >= 4 is 23.2 Å². The van der Waals surface area contributed by atoms with E-state index in [9.17, 15) is 9.59 Å². The molecule has 0 spiro atoms. The molecule has 4 aromatic rings. The van der Waals surface area contributed by atoms with E-state index < -0.39 is 0 Å². The smallest absolute Gasteiger partial charge is 0.256 e. The zero-order valence-electron chi connectivity index (χ0n) is 23.8. The molecule has 6 heteroatoms. The average Bonchev–Trinajstić information content (AvgIpc) is 3.03. The number of benzene rings is 4. The zero-order valence-corrected chi connectivity index (χ0v) is 23.8. The Morgan fingerprint density at radius 1 is 0.829 bits per heavy atom. The number of likely N-dealkylation sites (N-methyl/N-ethyl adjacent to an activating group) is 1. The van der Waals surface area contributed by atoms with Crippen LogP contribution in [0.3, 0.4) is 0 Å². The molecule has 1 fully saturated rings. The van der Waals surface area contributed by atoms with E-state index in [1.165, 1.54) is 0 Å². The second kappa shape index (κ2) is 13.3. The largest absolute Gasteiger partial charge is 0.372 e. The third-order valence-electron chi connectivity index (χ3n) is 7.92. The van der Waals surface area contributed by atoms with E-state index in [0.29, 0.717) is 18.2 Å². The van der Waals surface area contributed by atoms with Gasteiger partial charge in [-0.15, -0.1) is 0 Å². The van der Waals surface area contributed by atoms with Crippen LogP contribution in [0.1, 0.15) is 41.7 Å². The van der Waals surface area contributed by atoms with Crippen LogP contribution in [0.15, 0.2) is 109 Å². The number of anilines is 2. The van der Waals surface area contributed by atoms with Crippen molar-refractivity contribution in [2.45, 2.75) is 31.8 Å². The molecule has 2 amide bonds. The minimum Gasteiger partial charge on any atom is -0.372 e. The second-order valence-corrected chi connectivity index (χ2v) is 10.5. The Morgan fingerprint density at radius 3 is 2.10 bits per heavy atom. The van der Waals surface area contributed by atoms with Crippen molar-refractivity contribution in [2.24, 2.45) is 0 Å². The Morgan fingerprint density at radius 2 is 1.44 bits per heavy atom. The summed E-state index contributed by atoms with van der Waals surface area (Å²) in [6, 6.07) is 35.9. The number of piperidine rings is 1. The minimum atomic E-state index is -0.266. The quantitative estimate of drug-likeness (QED) is 0.256. The van der Waals surface area contributed by atoms with Gasteiger partial charge >= 0.3 is 0 Å². The molecule has 0 aliphatic carbocycles. The second-order valence-electron chi connectivity index (χ2n) is 10.5. The summed E-state index contributed by atoms with van der Waals surface area (Å²) in [6.07, 6.45) is 1.93. The number of rotatable bonds is 9. The molecule has 5 rings (SSSR count). The van der Waals surface area contributed by atoms with Crippen molar-refractivity contribution in [3.8, 4) is 11.1 Å². The molecule has 1 saturated heterocycles. The van der Waals surface area contributed by atoms with Crippen molar-refractivity contribution in [3.05, 3.63) is 120 Å². The number of likely N-dealkylation sites (tertiary alicyclic amines) is 1. The number of carbonyl (C=O) groups excluding carboxylic acids is 2. The monoisotopic (exact) mass is 546 g/mol. The molecule has 6 nitrogen and oxygen atoms in total. The summed E-state index contributed by atoms with van der Waals surface area (Å²) in [7, 11) is 2.13. The first-order chi connectivity index (χ1) is 20.0. The summed E-state index contributed by atoms with van der Waals surface area (Å²) in [6.45, 7) is 4.28. The summed E-state index contributed by atoms with van der Waals surface area (Å²) >= 11 is 0. The highest BCUT2D eigenvalue weighted by atomic mass is 16.2. The summed E-state index contributed by atoms with van der Waals surface area (Å²) in [5.74, 6) is -0.0625. The number of nitrogens with one attached hydrogen (secondary N) is 2. The van der Waals surface area contributed by atoms with Crippen LogP contribution in [0.4, 0.5) is 11.4 Å². The fraction of sp³-hybridized carbons (Fsp3) is 0.257. The number of hydrogen-bond donors (Lipinski definition) is 2. The lowest BCUT2D eigenvalue weighted by Crippen LogP contribution is -2.48. The van der Waals surface area contributed by atoms with E-state index in [2.05, 4.69) is 39.6 Å². The Labute approximate surface area is 243 Å². The van der Waals surface area contributed by atoms with Crippen LogP contribution in [0.5, 0.6) is 0 Å². The fourth-order valence-electron chi connectivity index (χ4n) is 5.71. The van der Waals surface area contributed by atoms with E-state index in [1.54, 1.807) is 0 Å². The van der Waals surface area contributed by atoms with Gasteiger partial charge in [0.1, 0.15) is 6.04 Å². The van der Waals surface area contributed by atoms with Gasteiger partial charge in [0.05, 0.1) is 0 Å². The van der Waals surface area contributed by atoms with Gasteiger partial charge in [0.15, 0.2) is 0 Å². The highest BCUT2D eigenvalue weighted by molar-refractivity contribution is 6.08. The number of carbonyl (C=O) groups is 2. The highest BCUT2D eigenvalue weighted by Crippen LogP contribution is 2.29. The first-order valence-corrected chi connectivity index (χ1v) is 14.4. The molecule has 0 aromatic heterocycles. The first kappa shape index (κ1) is 28.1. The maximum Gasteiger partial charge on any atom is 0.256 e. The Balaban J connectivity index is 1.21. The van der Waals surface area contributed by atoms with Gasteiger partial charge < -0.3 is 15.5 Å². The van der Waals surface area contributed by atoms with Crippen molar-refractivity contribution in [1.82, 2.24) is 10.2 Å². The van der Waals surface area contributed by atoms with Crippen LogP contribution in [-0.4, -0.2) is 49.4 Å². The Kier molecular flexibility index (Phi) is 9.12. The molecule has 41 heavy (non-hydrogen) atoms. The van der Waals surface area contributed by atoms with E-state index in [0.717, 1.165) is 54.0 Å². The van der Waals surface area contributed by atoms with Crippen LogP contribution in [-0.2, 0) is 4.79 Å². The number of nitrogens with zero attached hydrogens (tertiary/aromatic N) is 2. The average molecular weight is 547 g/mol. The molecule has 2 N–H and O–H groups in total. The molecular formula is C35H38N4O2. The van der Waals surface area contributed by atoms with Gasteiger partial charge in [-0.2, -0.15) is 0 Å². The SMILES string of the molecule is CCNC(=O)C(c1ccccc1)N1CCC(N(C)c2ccc(NC(=O)c3ccccc3-c3ccccc3)cc2)CC1. The third-order valence-corrected chi connectivity index (χ3v) is 7.92. The number of hydrogen-bond acceptors (Lipinski definition) is 4. The molecule has 0 saturated carbocycles. The molecule has 0 radical (unpaired) electrons. The molecule has 1 heterocycles. The third kappa shape index (κ3) is 6.67. The van der Waals surface area contributed by atoms with E-state index in [-0.39, 0.29) is 17.9 Å². The summed E-state index contributed by atoms with van der Waals surface area (Å²) in [4.78, 5) is 30.8. The maximum absolute atomic E-state index is 13.2. The normalized spacial score (nSPS) is 14.7. The fourth-order valence-corrected chi connectivity index (χ4v) is 5.71. The van der Waals surface area contributed by atoms with Crippen molar-refractivity contribution < 1.29 is 9.59 Å². The van der Waals surface area contributed by atoms with Crippen LogP contribution in [0.2, 0.25) is 0 Å². The van der Waals surface area contributed by atoms with Crippen molar-refractivity contribution in [3.63, 3.8) is 0 Å². The predicted octanol–water partition coefficient (Wildman–Crippen LogP) is 6.38. The molecular weight excluding hydrogens is 508 g/mol. The van der Waals surface area contributed by atoms with E-state index >= 15 is 0 Å². The minimum absolute atomic E-state index is 0.0644. The van der Waals surface area contributed by atoms with Gasteiger partial charge in [0, 0.05) is 49.7 Å².